The van der Waals surface area contributed by atoms with Gasteiger partial charge in [-0.25, -0.2) is 0 Å². The Labute approximate surface area is 136 Å². The van der Waals surface area contributed by atoms with Crippen LogP contribution in [0.3, 0.4) is 0 Å². The third-order valence-corrected chi connectivity index (χ3v) is 3.12. The van der Waals surface area contributed by atoms with Crippen molar-refractivity contribution in [2.24, 2.45) is 0 Å². The molecule has 0 aliphatic carbocycles. The van der Waals surface area contributed by atoms with Crippen molar-refractivity contribution in [3.05, 3.63) is 78.4 Å². The van der Waals surface area contributed by atoms with Crippen LogP contribution < -0.4 is 4.74 Å². The molecule has 0 saturated carbocycles. The minimum absolute atomic E-state index is 0.0640. The van der Waals surface area contributed by atoms with Crippen LogP contribution in [-0.4, -0.2) is 36.8 Å². The maximum atomic E-state index is 12.4. The summed E-state index contributed by atoms with van der Waals surface area (Å²) in [7, 11) is 0. The van der Waals surface area contributed by atoms with Gasteiger partial charge in [-0.1, -0.05) is 48.5 Å². The van der Waals surface area contributed by atoms with E-state index in [-0.39, 0.29) is 19.0 Å². The summed E-state index contributed by atoms with van der Waals surface area (Å²) in [4.78, 5) is 12.4. The second kappa shape index (κ2) is 8.88. The van der Waals surface area contributed by atoms with E-state index in [1.165, 1.54) is 0 Å². The molecule has 23 heavy (non-hydrogen) atoms. The fourth-order valence-corrected chi connectivity index (χ4v) is 2.01. The lowest BCUT2D eigenvalue weighted by molar-refractivity contribution is 0.0214. The lowest BCUT2D eigenvalue weighted by Gasteiger charge is -2.12. The van der Waals surface area contributed by atoms with E-state index in [1.54, 1.807) is 42.5 Å². The smallest absolute Gasteiger partial charge is 0.193 e. The molecule has 1 N–H and O–H groups in total. The zero-order valence-electron chi connectivity index (χ0n) is 12.9. The zero-order chi connectivity index (χ0) is 16.5. The van der Waals surface area contributed by atoms with Gasteiger partial charge in [-0.15, -0.1) is 6.58 Å². The molecule has 0 fully saturated rings. The molecule has 4 heteroatoms. The molecule has 0 aliphatic heterocycles. The third-order valence-electron chi connectivity index (χ3n) is 3.12. The number of aliphatic hydroxyl groups excluding tert-OH is 1. The maximum Gasteiger partial charge on any atom is 0.193 e. The number of rotatable bonds is 9. The van der Waals surface area contributed by atoms with E-state index in [4.69, 9.17) is 9.47 Å². The first-order valence-corrected chi connectivity index (χ1v) is 7.40. The monoisotopic (exact) mass is 312 g/mol. The number of carbonyl (C=O) groups is 1. The van der Waals surface area contributed by atoms with Crippen molar-refractivity contribution < 1.29 is 19.4 Å². The summed E-state index contributed by atoms with van der Waals surface area (Å²) >= 11 is 0. The van der Waals surface area contributed by atoms with Gasteiger partial charge in [0.15, 0.2) is 5.78 Å². The minimum Gasteiger partial charge on any atom is -0.491 e. The van der Waals surface area contributed by atoms with Gasteiger partial charge in [0, 0.05) is 11.1 Å². The predicted octanol–water partition coefficient (Wildman–Crippen LogP) is 2.86. The minimum atomic E-state index is -0.733. The molecule has 0 bridgehead atoms. The molecule has 4 nitrogen and oxygen atoms in total. The topological polar surface area (TPSA) is 55.8 Å². The van der Waals surface area contributed by atoms with Gasteiger partial charge in [-0.05, 0) is 12.1 Å². The highest BCUT2D eigenvalue weighted by Gasteiger charge is 2.10. The van der Waals surface area contributed by atoms with Crippen molar-refractivity contribution >= 4 is 5.78 Å². The number of aliphatic hydroxyl groups is 1. The van der Waals surface area contributed by atoms with Gasteiger partial charge in [0.05, 0.1) is 13.2 Å². The summed E-state index contributed by atoms with van der Waals surface area (Å²) < 4.78 is 10.7. The summed E-state index contributed by atoms with van der Waals surface area (Å²) in [6, 6.07) is 16.0. The Balaban J connectivity index is 1.94. The quantitative estimate of drug-likeness (QED) is 0.439. The maximum absolute atomic E-state index is 12.4. The van der Waals surface area contributed by atoms with Crippen LogP contribution in [0, 0.1) is 0 Å². The van der Waals surface area contributed by atoms with Crippen LogP contribution in [0.25, 0.3) is 0 Å². The SMILES string of the molecule is C=CCOCC(O)COc1cccc(C(=O)c2ccccc2)c1. The first-order chi connectivity index (χ1) is 11.2. The predicted molar refractivity (Wildman–Crippen MR) is 88.8 cm³/mol. The molecule has 2 aromatic carbocycles. The Morgan fingerprint density at radius 3 is 2.57 bits per heavy atom. The Bertz CT molecular complexity index is 637. The molecule has 0 amide bonds. The van der Waals surface area contributed by atoms with Gasteiger partial charge in [0.25, 0.3) is 0 Å². The lowest BCUT2D eigenvalue weighted by atomic mass is 10.0. The summed E-state index contributed by atoms with van der Waals surface area (Å²) in [5, 5.41) is 9.74. The molecule has 2 aromatic rings. The molecule has 1 atom stereocenters. The highest BCUT2D eigenvalue weighted by atomic mass is 16.5. The van der Waals surface area contributed by atoms with Gasteiger partial charge in [-0.3, -0.25) is 4.79 Å². The van der Waals surface area contributed by atoms with Gasteiger partial charge in [0.2, 0.25) is 0 Å². The third kappa shape index (κ3) is 5.36. The highest BCUT2D eigenvalue weighted by Crippen LogP contribution is 2.17. The summed E-state index contributed by atoms with van der Waals surface area (Å²) in [6.07, 6.45) is 0.884. The number of hydrogen-bond donors (Lipinski definition) is 1. The molecule has 2 rings (SSSR count). The van der Waals surface area contributed by atoms with Crippen LogP contribution in [0.1, 0.15) is 15.9 Å². The molecular weight excluding hydrogens is 292 g/mol. The molecule has 120 valence electrons. The summed E-state index contributed by atoms with van der Waals surface area (Å²) in [5.74, 6) is 0.473. The van der Waals surface area contributed by atoms with Crippen LogP contribution in [0.5, 0.6) is 5.75 Å². The molecule has 1 unspecified atom stereocenters. The zero-order valence-corrected chi connectivity index (χ0v) is 12.9. The molecule has 0 saturated heterocycles. The van der Waals surface area contributed by atoms with Gasteiger partial charge in [-0.2, -0.15) is 0 Å². The van der Waals surface area contributed by atoms with Crippen LogP contribution in [-0.2, 0) is 4.74 Å². The van der Waals surface area contributed by atoms with E-state index < -0.39 is 6.10 Å². The number of ketones is 1. The van der Waals surface area contributed by atoms with Gasteiger partial charge in [0.1, 0.15) is 18.5 Å². The fourth-order valence-electron chi connectivity index (χ4n) is 2.01. The molecule has 0 radical (unpaired) electrons. The van der Waals surface area contributed by atoms with Crippen LogP contribution in [0.15, 0.2) is 67.3 Å². The van der Waals surface area contributed by atoms with Gasteiger partial charge >= 0.3 is 0 Å². The first-order valence-electron chi connectivity index (χ1n) is 7.40. The van der Waals surface area contributed by atoms with Gasteiger partial charge < -0.3 is 14.6 Å². The number of hydrogen-bond acceptors (Lipinski definition) is 4. The van der Waals surface area contributed by atoms with Crippen molar-refractivity contribution in [3.8, 4) is 5.75 Å². The molecule has 0 aromatic heterocycles. The Morgan fingerprint density at radius 2 is 1.83 bits per heavy atom. The number of carbonyl (C=O) groups excluding carboxylic acids is 1. The average molecular weight is 312 g/mol. The Kier molecular flexibility index (Phi) is 6.54. The number of benzene rings is 2. The Hall–Kier alpha value is -2.43. The second-order valence-corrected chi connectivity index (χ2v) is 5.01. The van der Waals surface area contributed by atoms with Crippen LogP contribution in [0.2, 0.25) is 0 Å². The average Bonchev–Trinajstić information content (AvgIpc) is 2.60. The van der Waals surface area contributed by atoms with E-state index in [2.05, 4.69) is 6.58 Å². The van der Waals surface area contributed by atoms with Crippen molar-refractivity contribution in [3.63, 3.8) is 0 Å². The normalized spacial score (nSPS) is 11.7. The number of ether oxygens (including phenoxy) is 2. The van der Waals surface area contributed by atoms with E-state index in [0.29, 0.717) is 23.5 Å². The van der Waals surface area contributed by atoms with E-state index in [1.807, 2.05) is 18.2 Å². The van der Waals surface area contributed by atoms with E-state index in [9.17, 15) is 9.90 Å². The molecule has 0 aliphatic rings. The summed E-state index contributed by atoms with van der Waals surface area (Å²) in [5.41, 5.74) is 1.17. The first kappa shape index (κ1) is 16.9. The van der Waals surface area contributed by atoms with Crippen molar-refractivity contribution in [2.75, 3.05) is 19.8 Å². The van der Waals surface area contributed by atoms with E-state index >= 15 is 0 Å². The molecular formula is C19H20O4. The standard InChI is InChI=1S/C19H20O4/c1-2-11-22-13-17(20)14-23-18-10-6-9-16(12-18)19(21)15-7-4-3-5-8-15/h2-10,12,17,20H,1,11,13-14H2. The second-order valence-electron chi connectivity index (χ2n) is 5.01. The summed E-state index contributed by atoms with van der Waals surface area (Å²) in [6.45, 7) is 4.19. The van der Waals surface area contributed by atoms with Crippen LogP contribution in [0.4, 0.5) is 0 Å². The Morgan fingerprint density at radius 1 is 1.09 bits per heavy atom. The lowest BCUT2D eigenvalue weighted by Crippen LogP contribution is -2.23. The van der Waals surface area contributed by atoms with Crippen LogP contribution >= 0.6 is 0 Å². The van der Waals surface area contributed by atoms with Crippen molar-refractivity contribution in [1.29, 1.82) is 0 Å². The largest absolute Gasteiger partial charge is 0.491 e. The van der Waals surface area contributed by atoms with Crippen molar-refractivity contribution in [1.82, 2.24) is 0 Å². The molecule has 0 heterocycles. The molecule has 0 spiro atoms. The highest BCUT2D eigenvalue weighted by molar-refractivity contribution is 6.09. The fraction of sp³-hybridized carbons (Fsp3) is 0.211. The van der Waals surface area contributed by atoms with E-state index in [0.717, 1.165) is 0 Å². The van der Waals surface area contributed by atoms with Crippen molar-refractivity contribution in [2.45, 2.75) is 6.10 Å².